The zero-order valence-electron chi connectivity index (χ0n) is 12.0. The fourth-order valence-electron chi connectivity index (χ4n) is 3.15. The summed E-state index contributed by atoms with van der Waals surface area (Å²) in [6.07, 6.45) is 0. The molecule has 1 nitrogen and oxygen atoms in total. The number of hydrogen-bond acceptors (Lipinski definition) is 2. The number of benzene rings is 3. The second-order valence-corrected chi connectivity index (χ2v) is 8.05. The summed E-state index contributed by atoms with van der Waals surface area (Å²) in [6.45, 7) is 0. The van der Waals surface area contributed by atoms with Gasteiger partial charge in [-0.25, -0.2) is 0 Å². The van der Waals surface area contributed by atoms with Gasteiger partial charge in [0.15, 0.2) is 0 Å². The predicted octanol–water partition coefficient (Wildman–Crippen LogP) is 7.23. The summed E-state index contributed by atoms with van der Waals surface area (Å²) in [5.41, 5.74) is 4.23. The Labute approximate surface area is 145 Å². The Bertz CT molecular complexity index is 1180. The van der Waals surface area contributed by atoms with Gasteiger partial charge in [-0.15, -0.1) is 11.3 Å². The Balaban J connectivity index is 1.83. The molecule has 0 aliphatic carbocycles. The van der Waals surface area contributed by atoms with Crippen molar-refractivity contribution in [3.05, 3.63) is 70.5 Å². The van der Waals surface area contributed by atoms with Crippen LogP contribution in [-0.2, 0) is 0 Å². The minimum atomic E-state index is 0.939. The normalized spacial score (nSPS) is 11.7. The molecule has 0 atom stereocenters. The van der Waals surface area contributed by atoms with Gasteiger partial charge in [-0.2, -0.15) is 0 Å². The van der Waals surface area contributed by atoms with E-state index in [2.05, 4.69) is 70.5 Å². The SMILES string of the molecule is Brc1cc2cc(-c3cccc4c3oc3ccccc34)ccc2s1. The molecule has 0 spiro atoms. The average Bonchev–Trinajstić information content (AvgIpc) is 3.13. The standard InChI is InChI=1S/C20H11BrOS/c21-19-11-13-10-12(8-9-18(13)23-19)14-5-3-6-16-15-4-1-2-7-17(15)22-20(14)16/h1-11H. The maximum atomic E-state index is 6.15. The highest BCUT2D eigenvalue weighted by Crippen LogP contribution is 2.38. The Kier molecular flexibility index (Phi) is 2.87. The molecule has 3 aromatic carbocycles. The maximum absolute atomic E-state index is 6.15. The van der Waals surface area contributed by atoms with Crippen LogP contribution in [0.2, 0.25) is 0 Å². The van der Waals surface area contributed by atoms with E-state index >= 15 is 0 Å². The van der Waals surface area contributed by atoms with E-state index in [4.69, 9.17) is 4.42 Å². The summed E-state index contributed by atoms with van der Waals surface area (Å²) in [6, 6.07) is 23.3. The summed E-state index contributed by atoms with van der Waals surface area (Å²) in [7, 11) is 0. The topological polar surface area (TPSA) is 13.1 Å². The van der Waals surface area contributed by atoms with Crippen LogP contribution < -0.4 is 0 Å². The number of rotatable bonds is 1. The maximum Gasteiger partial charge on any atom is 0.143 e. The van der Waals surface area contributed by atoms with Crippen molar-refractivity contribution < 1.29 is 4.42 Å². The van der Waals surface area contributed by atoms with Gasteiger partial charge in [0.1, 0.15) is 11.2 Å². The minimum Gasteiger partial charge on any atom is -0.455 e. The zero-order valence-corrected chi connectivity index (χ0v) is 14.4. The first-order valence-electron chi connectivity index (χ1n) is 7.39. The highest BCUT2D eigenvalue weighted by atomic mass is 79.9. The molecule has 110 valence electrons. The Hall–Kier alpha value is -2.10. The molecule has 0 aliphatic heterocycles. The summed E-state index contributed by atoms with van der Waals surface area (Å²) in [5.74, 6) is 0. The van der Waals surface area contributed by atoms with E-state index in [1.807, 2.05) is 12.1 Å². The Morgan fingerprint density at radius 2 is 1.70 bits per heavy atom. The van der Waals surface area contributed by atoms with E-state index < -0.39 is 0 Å². The van der Waals surface area contributed by atoms with E-state index in [1.54, 1.807) is 11.3 Å². The van der Waals surface area contributed by atoms with Crippen LogP contribution in [0, 0.1) is 0 Å². The lowest BCUT2D eigenvalue weighted by atomic mass is 10.0. The highest BCUT2D eigenvalue weighted by molar-refractivity contribution is 9.11. The molecule has 0 saturated carbocycles. The first-order valence-corrected chi connectivity index (χ1v) is 9.00. The van der Waals surface area contributed by atoms with Crippen molar-refractivity contribution in [2.45, 2.75) is 0 Å². The van der Waals surface area contributed by atoms with Crippen molar-refractivity contribution in [2.24, 2.45) is 0 Å². The molecule has 5 aromatic rings. The largest absolute Gasteiger partial charge is 0.455 e. The lowest BCUT2D eigenvalue weighted by Gasteiger charge is -2.03. The number of furan rings is 1. The van der Waals surface area contributed by atoms with Gasteiger partial charge >= 0.3 is 0 Å². The molecular formula is C20H11BrOS. The molecule has 0 fully saturated rings. The summed E-state index contributed by atoms with van der Waals surface area (Å²) >= 11 is 5.33. The van der Waals surface area contributed by atoms with Crippen LogP contribution in [0.15, 0.2) is 74.9 Å². The van der Waals surface area contributed by atoms with Crippen molar-refractivity contribution in [1.29, 1.82) is 0 Å². The second kappa shape index (κ2) is 4.95. The zero-order chi connectivity index (χ0) is 15.4. The Morgan fingerprint density at radius 3 is 2.65 bits per heavy atom. The van der Waals surface area contributed by atoms with Crippen LogP contribution in [0.25, 0.3) is 43.2 Å². The van der Waals surface area contributed by atoms with Crippen molar-refractivity contribution in [3.63, 3.8) is 0 Å². The monoisotopic (exact) mass is 378 g/mol. The molecule has 0 aliphatic rings. The van der Waals surface area contributed by atoms with Crippen molar-refractivity contribution in [2.75, 3.05) is 0 Å². The molecule has 0 amide bonds. The number of thiophene rings is 1. The van der Waals surface area contributed by atoms with E-state index in [0.29, 0.717) is 0 Å². The van der Waals surface area contributed by atoms with Gasteiger partial charge in [0.05, 0.1) is 3.79 Å². The van der Waals surface area contributed by atoms with Gasteiger partial charge in [0.2, 0.25) is 0 Å². The van der Waals surface area contributed by atoms with E-state index in [0.717, 1.165) is 20.5 Å². The summed E-state index contributed by atoms with van der Waals surface area (Å²) in [4.78, 5) is 0. The third kappa shape index (κ3) is 2.04. The quantitative estimate of drug-likeness (QED) is 0.299. The van der Waals surface area contributed by atoms with Gasteiger partial charge in [-0.3, -0.25) is 0 Å². The lowest BCUT2D eigenvalue weighted by molar-refractivity contribution is 0.670. The van der Waals surface area contributed by atoms with Crippen molar-refractivity contribution >= 4 is 59.3 Å². The Morgan fingerprint density at radius 1 is 0.826 bits per heavy atom. The molecule has 23 heavy (non-hydrogen) atoms. The smallest absolute Gasteiger partial charge is 0.143 e. The van der Waals surface area contributed by atoms with Crippen LogP contribution >= 0.6 is 27.3 Å². The number of hydrogen-bond donors (Lipinski definition) is 0. The molecule has 0 bridgehead atoms. The van der Waals surface area contributed by atoms with E-state index in [-0.39, 0.29) is 0 Å². The third-order valence-corrected chi connectivity index (χ3v) is 5.82. The first-order chi connectivity index (χ1) is 11.3. The van der Waals surface area contributed by atoms with Gasteiger partial charge in [0.25, 0.3) is 0 Å². The molecule has 0 N–H and O–H groups in total. The second-order valence-electron chi connectivity index (χ2n) is 5.58. The fourth-order valence-corrected chi connectivity index (χ4v) is 4.69. The third-order valence-electron chi connectivity index (χ3n) is 4.20. The molecule has 0 radical (unpaired) electrons. The van der Waals surface area contributed by atoms with Crippen molar-refractivity contribution in [3.8, 4) is 11.1 Å². The van der Waals surface area contributed by atoms with Crippen LogP contribution in [-0.4, -0.2) is 0 Å². The van der Waals surface area contributed by atoms with Crippen molar-refractivity contribution in [1.82, 2.24) is 0 Å². The van der Waals surface area contributed by atoms with Gasteiger partial charge < -0.3 is 4.42 Å². The minimum absolute atomic E-state index is 0.939. The van der Waals surface area contributed by atoms with Crippen LogP contribution in [0.3, 0.4) is 0 Å². The molecule has 3 heteroatoms. The van der Waals surface area contributed by atoms with Gasteiger partial charge in [0, 0.05) is 21.0 Å². The molecule has 2 heterocycles. The predicted molar refractivity (Wildman–Crippen MR) is 102 cm³/mol. The van der Waals surface area contributed by atoms with Crippen LogP contribution in [0.5, 0.6) is 0 Å². The lowest BCUT2D eigenvalue weighted by Crippen LogP contribution is -1.78. The number of para-hydroxylation sites is 2. The molecule has 0 saturated heterocycles. The van der Waals surface area contributed by atoms with E-state index in [1.165, 1.54) is 26.4 Å². The van der Waals surface area contributed by atoms with Crippen LogP contribution in [0.4, 0.5) is 0 Å². The molecule has 2 aromatic heterocycles. The summed E-state index contributed by atoms with van der Waals surface area (Å²) in [5, 5.41) is 3.60. The van der Waals surface area contributed by atoms with Gasteiger partial charge in [-0.1, -0.05) is 42.5 Å². The summed E-state index contributed by atoms with van der Waals surface area (Å²) < 4.78 is 8.60. The average molecular weight is 379 g/mol. The molecule has 0 unspecified atom stereocenters. The highest BCUT2D eigenvalue weighted by Gasteiger charge is 2.12. The molecule has 5 rings (SSSR count). The van der Waals surface area contributed by atoms with Gasteiger partial charge in [-0.05, 0) is 51.1 Å². The fraction of sp³-hybridized carbons (Fsp3) is 0. The number of halogens is 1. The first kappa shape index (κ1) is 13.3. The van der Waals surface area contributed by atoms with Crippen LogP contribution in [0.1, 0.15) is 0 Å². The molecular weight excluding hydrogens is 368 g/mol. The number of fused-ring (bicyclic) bond motifs is 4. The van der Waals surface area contributed by atoms with E-state index in [9.17, 15) is 0 Å².